The van der Waals surface area contributed by atoms with Crippen molar-refractivity contribution in [2.24, 2.45) is 0 Å². The number of halogens is 1. The van der Waals surface area contributed by atoms with E-state index in [9.17, 15) is 0 Å². The summed E-state index contributed by atoms with van der Waals surface area (Å²) in [5, 5.41) is 0. The molecule has 5 heteroatoms. The quantitative estimate of drug-likeness (QED) is 0.765. The second kappa shape index (κ2) is 7.01. The zero-order valence-electron chi connectivity index (χ0n) is 11.4. The molecule has 0 saturated carbocycles. The summed E-state index contributed by atoms with van der Waals surface area (Å²) in [6, 6.07) is 9.49. The van der Waals surface area contributed by atoms with E-state index in [1.807, 2.05) is 30.3 Å². The highest BCUT2D eigenvalue weighted by Crippen LogP contribution is 2.26. The number of methoxy groups -OCH3 is 2. The molecule has 1 aromatic carbocycles. The molecule has 0 unspecified atom stereocenters. The number of rotatable bonds is 6. The molecule has 106 valence electrons. The fraction of sp³-hybridized carbons (Fsp3) is 0.267. The van der Waals surface area contributed by atoms with Crippen LogP contribution in [0.4, 0.5) is 0 Å². The Morgan fingerprint density at radius 3 is 2.40 bits per heavy atom. The first kappa shape index (κ1) is 14.5. The van der Waals surface area contributed by atoms with E-state index >= 15 is 0 Å². The highest BCUT2D eigenvalue weighted by atomic mass is 35.5. The summed E-state index contributed by atoms with van der Waals surface area (Å²) in [4.78, 5) is 4.21. The largest absolute Gasteiger partial charge is 0.497 e. The van der Waals surface area contributed by atoms with Crippen LogP contribution in [0.2, 0.25) is 0 Å². The highest BCUT2D eigenvalue weighted by molar-refractivity contribution is 6.17. The van der Waals surface area contributed by atoms with Gasteiger partial charge in [-0.15, -0.1) is 11.6 Å². The van der Waals surface area contributed by atoms with Crippen LogP contribution in [0.25, 0.3) is 0 Å². The van der Waals surface area contributed by atoms with Crippen LogP contribution in [0.3, 0.4) is 0 Å². The Hall–Kier alpha value is -1.94. The summed E-state index contributed by atoms with van der Waals surface area (Å²) in [5.74, 6) is 2.24. The van der Waals surface area contributed by atoms with Gasteiger partial charge in [-0.05, 0) is 29.3 Å². The number of hydrogen-bond donors (Lipinski definition) is 0. The topological polar surface area (TPSA) is 40.6 Å². The first-order chi connectivity index (χ1) is 9.76. The lowest BCUT2D eigenvalue weighted by molar-refractivity contribution is 0.272. The minimum Gasteiger partial charge on any atom is -0.497 e. The Morgan fingerprint density at radius 1 is 1.05 bits per heavy atom. The normalized spacial score (nSPS) is 10.2. The van der Waals surface area contributed by atoms with Crippen LogP contribution in [0, 0.1) is 0 Å². The maximum absolute atomic E-state index is 5.76. The van der Waals surface area contributed by atoms with Gasteiger partial charge < -0.3 is 14.2 Å². The van der Waals surface area contributed by atoms with Gasteiger partial charge in [0.1, 0.15) is 12.4 Å². The number of ether oxygens (including phenoxy) is 3. The van der Waals surface area contributed by atoms with Crippen molar-refractivity contribution < 1.29 is 14.2 Å². The molecule has 0 saturated heterocycles. The summed E-state index contributed by atoms with van der Waals surface area (Å²) in [6.07, 6.45) is 1.68. The number of pyridine rings is 1. The van der Waals surface area contributed by atoms with Gasteiger partial charge in [0.25, 0.3) is 5.88 Å². The van der Waals surface area contributed by atoms with Gasteiger partial charge in [0, 0.05) is 12.1 Å². The van der Waals surface area contributed by atoms with E-state index in [-0.39, 0.29) is 0 Å². The van der Waals surface area contributed by atoms with Gasteiger partial charge >= 0.3 is 0 Å². The summed E-state index contributed by atoms with van der Waals surface area (Å²) in [6.45, 7) is 0.410. The van der Waals surface area contributed by atoms with E-state index in [0.717, 1.165) is 16.9 Å². The van der Waals surface area contributed by atoms with Crippen LogP contribution in [-0.4, -0.2) is 19.2 Å². The van der Waals surface area contributed by atoms with E-state index in [4.69, 9.17) is 25.8 Å². The van der Waals surface area contributed by atoms with Crippen LogP contribution in [0.1, 0.15) is 11.1 Å². The Bertz CT molecular complexity index is 558. The smallest absolute Gasteiger partial charge is 0.257 e. The molecule has 0 aliphatic heterocycles. The number of hydrogen-bond acceptors (Lipinski definition) is 4. The molecule has 20 heavy (non-hydrogen) atoms. The second-order valence-electron chi connectivity index (χ2n) is 4.12. The van der Waals surface area contributed by atoms with Crippen molar-refractivity contribution in [1.82, 2.24) is 4.98 Å². The van der Waals surface area contributed by atoms with Crippen molar-refractivity contribution in [2.75, 3.05) is 14.2 Å². The third-order valence-corrected chi connectivity index (χ3v) is 3.09. The molecule has 4 nitrogen and oxygen atoms in total. The van der Waals surface area contributed by atoms with Gasteiger partial charge in [-0.1, -0.05) is 12.1 Å². The van der Waals surface area contributed by atoms with E-state index in [0.29, 0.717) is 24.1 Å². The minimum absolute atomic E-state index is 0.391. The summed E-state index contributed by atoms with van der Waals surface area (Å²) in [5.41, 5.74) is 1.91. The Kier molecular flexibility index (Phi) is 5.07. The van der Waals surface area contributed by atoms with Crippen LogP contribution in [-0.2, 0) is 12.5 Å². The average molecular weight is 294 g/mol. The maximum Gasteiger partial charge on any atom is 0.257 e. The summed E-state index contributed by atoms with van der Waals surface area (Å²) >= 11 is 5.76. The molecule has 2 aromatic rings. The third-order valence-electron chi connectivity index (χ3n) is 2.78. The SMILES string of the molecule is COc1ccc(COc2ncc(CCl)cc2OC)cc1. The van der Waals surface area contributed by atoms with Gasteiger partial charge in [-0.3, -0.25) is 0 Å². The van der Waals surface area contributed by atoms with Crippen LogP contribution < -0.4 is 14.2 Å². The molecule has 0 radical (unpaired) electrons. The van der Waals surface area contributed by atoms with Crippen LogP contribution in [0.15, 0.2) is 36.5 Å². The third kappa shape index (κ3) is 3.54. The lowest BCUT2D eigenvalue weighted by atomic mass is 10.2. The van der Waals surface area contributed by atoms with Crippen LogP contribution in [0.5, 0.6) is 17.4 Å². The van der Waals surface area contributed by atoms with Crippen LogP contribution >= 0.6 is 11.6 Å². The molecule has 0 aliphatic carbocycles. The Morgan fingerprint density at radius 2 is 1.80 bits per heavy atom. The van der Waals surface area contributed by atoms with Crippen molar-refractivity contribution in [2.45, 2.75) is 12.5 Å². The van der Waals surface area contributed by atoms with E-state index < -0.39 is 0 Å². The molecule has 1 aromatic heterocycles. The molecule has 0 N–H and O–H groups in total. The van der Waals surface area contributed by atoms with Gasteiger partial charge in [0.2, 0.25) is 0 Å². The van der Waals surface area contributed by atoms with Crippen molar-refractivity contribution in [1.29, 1.82) is 0 Å². The monoisotopic (exact) mass is 293 g/mol. The number of alkyl halides is 1. The van der Waals surface area contributed by atoms with Crippen molar-refractivity contribution in [3.63, 3.8) is 0 Å². The number of aromatic nitrogens is 1. The van der Waals surface area contributed by atoms with E-state index in [1.54, 1.807) is 20.4 Å². The molecule has 0 bridgehead atoms. The molecule has 0 atom stereocenters. The molecule has 0 amide bonds. The van der Waals surface area contributed by atoms with Gasteiger partial charge in [-0.25, -0.2) is 4.98 Å². The number of benzene rings is 1. The molecule has 0 fully saturated rings. The van der Waals surface area contributed by atoms with Crippen molar-refractivity contribution in [3.05, 3.63) is 47.7 Å². The predicted octanol–water partition coefficient (Wildman–Crippen LogP) is 3.42. The number of nitrogens with zero attached hydrogens (tertiary/aromatic N) is 1. The molecule has 0 aliphatic rings. The zero-order valence-corrected chi connectivity index (χ0v) is 12.2. The average Bonchev–Trinajstić information content (AvgIpc) is 2.53. The van der Waals surface area contributed by atoms with E-state index in [1.165, 1.54) is 0 Å². The Balaban J connectivity index is 2.05. The predicted molar refractivity (Wildman–Crippen MR) is 77.7 cm³/mol. The standard InChI is InChI=1S/C15H16ClNO3/c1-18-13-5-3-11(4-6-13)10-20-15-14(19-2)7-12(8-16)9-17-15/h3-7,9H,8,10H2,1-2H3. The first-order valence-corrected chi connectivity index (χ1v) is 6.65. The second-order valence-corrected chi connectivity index (χ2v) is 4.39. The summed E-state index contributed by atoms with van der Waals surface area (Å²) < 4.78 is 16.0. The first-order valence-electron chi connectivity index (χ1n) is 6.11. The Labute approximate surface area is 123 Å². The van der Waals surface area contributed by atoms with Gasteiger partial charge in [0.15, 0.2) is 5.75 Å². The van der Waals surface area contributed by atoms with Crippen molar-refractivity contribution >= 4 is 11.6 Å². The molecule has 1 heterocycles. The minimum atomic E-state index is 0.391. The fourth-order valence-corrected chi connectivity index (χ4v) is 1.82. The molecule has 0 spiro atoms. The molecular formula is C15H16ClNO3. The van der Waals surface area contributed by atoms with Gasteiger partial charge in [-0.2, -0.15) is 0 Å². The fourth-order valence-electron chi connectivity index (χ4n) is 1.67. The molecular weight excluding hydrogens is 278 g/mol. The summed E-state index contributed by atoms with van der Waals surface area (Å²) in [7, 11) is 3.22. The maximum atomic E-state index is 5.76. The van der Waals surface area contributed by atoms with Gasteiger partial charge in [0.05, 0.1) is 14.2 Å². The zero-order chi connectivity index (χ0) is 14.4. The lowest BCUT2D eigenvalue weighted by Gasteiger charge is -2.10. The van der Waals surface area contributed by atoms with E-state index in [2.05, 4.69) is 4.98 Å². The highest BCUT2D eigenvalue weighted by Gasteiger charge is 2.07. The van der Waals surface area contributed by atoms with Crippen molar-refractivity contribution in [3.8, 4) is 17.4 Å². The lowest BCUT2D eigenvalue weighted by Crippen LogP contribution is -2.00. The molecule has 2 rings (SSSR count).